The van der Waals surface area contributed by atoms with Crippen LogP contribution in [0.25, 0.3) is 6.08 Å². The molecule has 1 aromatic rings. The lowest BCUT2D eigenvalue weighted by Gasteiger charge is -2.01. The Kier molecular flexibility index (Phi) is 3.39. The summed E-state index contributed by atoms with van der Waals surface area (Å²) in [6.45, 7) is 5.12. The van der Waals surface area contributed by atoms with Crippen molar-refractivity contribution in [2.24, 2.45) is 4.99 Å². The lowest BCUT2D eigenvalue weighted by molar-refractivity contribution is 1.01. The summed E-state index contributed by atoms with van der Waals surface area (Å²) >= 11 is 11.5. The zero-order valence-corrected chi connectivity index (χ0v) is 8.47. The van der Waals surface area contributed by atoms with Gasteiger partial charge in [0.15, 0.2) is 10.3 Å². The van der Waals surface area contributed by atoms with Crippen molar-refractivity contribution in [3.05, 3.63) is 27.6 Å². The molecule has 0 amide bonds. The van der Waals surface area contributed by atoms with E-state index in [0.717, 1.165) is 5.56 Å². The first-order chi connectivity index (χ1) is 6.16. The molecule has 0 aromatic carbocycles. The van der Waals surface area contributed by atoms with Gasteiger partial charge in [-0.15, -0.1) is 10.2 Å². The van der Waals surface area contributed by atoms with E-state index < -0.39 is 0 Å². The van der Waals surface area contributed by atoms with Crippen molar-refractivity contribution in [1.82, 2.24) is 10.2 Å². The second-order valence-corrected chi connectivity index (χ2v) is 3.03. The maximum absolute atomic E-state index is 5.79. The highest BCUT2D eigenvalue weighted by atomic mass is 35.5. The van der Waals surface area contributed by atoms with Crippen molar-refractivity contribution in [2.45, 2.75) is 6.92 Å². The zero-order chi connectivity index (χ0) is 9.84. The van der Waals surface area contributed by atoms with Crippen molar-refractivity contribution in [3.63, 3.8) is 0 Å². The SMILES string of the molecule is C=N/C=C\c1c(Cl)nnc(Cl)c1C. The Hall–Kier alpha value is -0.930. The average molecular weight is 216 g/mol. The van der Waals surface area contributed by atoms with Gasteiger partial charge in [0.05, 0.1) is 0 Å². The van der Waals surface area contributed by atoms with Crippen LogP contribution in [-0.4, -0.2) is 16.9 Å². The Labute approximate surface area is 86.1 Å². The molecule has 13 heavy (non-hydrogen) atoms. The summed E-state index contributed by atoms with van der Waals surface area (Å²) in [6.07, 6.45) is 3.21. The average Bonchev–Trinajstić information content (AvgIpc) is 2.12. The van der Waals surface area contributed by atoms with Crippen LogP contribution in [0.15, 0.2) is 11.2 Å². The van der Waals surface area contributed by atoms with Gasteiger partial charge in [-0.25, -0.2) is 0 Å². The highest BCUT2D eigenvalue weighted by Gasteiger charge is 2.06. The first-order valence-corrected chi connectivity index (χ1v) is 4.23. The summed E-state index contributed by atoms with van der Waals surface area (Å²) in [4.78, 5) is 3.56. The van der Waals surface area contributed by atoms with Gasteiger partial charge in [-0.1, -0.05) is 23.2 Å². The standard InChI is InChI=1S/C8H7Cl2N3/c1-5-6(3-4-11-2)8(10)13-12-7(5)9/h3-4H,2H2,1H3/b4-3-. The fourth-order valence-corrected chi connectivity index (χ4v) is 1.19. The minimum atomic E-state index is 0.307. The first kappa shape index (κ1) is 10.2. The van der Waals surface area contributed by atoms with Crippen molar-refractivity contribution in [2.75, 3.05) is 0 Å². The van der Waals surface area contributed by atoms with Gasteiger partial charge < -0.3 is 0 Å². The summed E-state index contributed by atoms with van der Waals surface area (Å²) in [5.41, 5.74) is 1.50. The molecule has 3 nitrogen and oxygen atoms in total. The third-order valence-electron chi connectivity index (χ3n) is 1.51. The monoisotopic (exact) mass is 215 g/mol. The van der Waals surface area contributed by atoms with E-state index in [0.29, 0.717) is 15.9 Å². The second-order valence-electron chi connectivity index (χ2n) is 2.32. The summed E-state index contributed by atoms with van der Waals surface area (Å²) in [5, 5.41) is 7.96. The van der Waals surface area contributed by atoms with E-state index in [1.807, 2.05) is 6.92 Å². The Bertz CT molecular complexity index is 361. The molecule has 0 aliphatic rings. The zero-order valence-electron chi connectivity index (χ0n) is 6.96. The normalized spacial score (nSPS) is 10.7. The van der Waals surface area contributed by atoms with E-state index in [1.54, 1.807) is 6.08 Å². The minimum Gasteiger partial charge on any atom is -0.272 e. The molecule has 1 aromatic heterocycles. The molecule has 5 heteroatoms. The Morgan fingerprint density at radius 2 is 1.92 bits per heavy atom. The van der Waals surface area contributed by atoms with Gasteiger partial charge in [0.2, 0.25) is 0 Å². The molecule has 0 aliphatic carbocycles. The maximum Gasteiger partial charge on any atom is 0.159 e. The predicted octanol–water partition coefficient (Wildman–Crippen LogP) is 2.76. The Balaban J connectivity index is 3.25. The number of aliphatic imine (C=N–C) groups is 1. The third kappa shape index (κ3) is 2.26. The molecule has 0 atom stereocenters. The van der Waals surface area contributed by atoms with Crippen LogP contribution in [0.3, 0.4) is 0 Å². The van der Waals surface area contributed by atoms with Crippen molar-refractivity contribution in [1.29, 1.82) is 0 Å². The van der Waals surface area contributed by atoms with E-state index >= 15 is 0 Å². The largest absolute Gasteiger partial charge is 0.272 e. The van der Waals surface area contributed by atoms with Gasteiger partial charge in [0, 0.05) is 11.8 Å². The smallest absolute Gasteiger partial charge is 0.159 e. The van der Waals surface area contributed by atoms with Crippen molar-refractivity contribution >= 4 is 36.0 Å². The number of hydrogen-bond donors (Lipinski definition) is 0. The second kappa shape index (κ2) is 4.35. The van der Waals surface area contributed by atoms with Gasteiger partial charge in [-0.2, -0.15) is 0 Å². The lowest BCUT2D eigenvalue weighted by Crippen LogP contribution is -1.92. The van der Waals surface area contributed by atoms with Crippen LogP contribution in [0.5, 0.6) is 0 Å². The van der Waals surface area contributed by atoms with E-state index in [4.69, 9.17) is 23.2 Å². The van der Waals surface area contributed by atoms with Crippen LogP contribution in [0.2, 0.25) is 10.3 Å². The summed E-state index contributed by atoms with van der Waals surface area (Å²) < 4.78 is 0. The quantitative estimate of drug-likeness (QED) is 0.713. The van der Waals surface area contributed by atoms with Gasteiger partial charge in [0.25, 0.3) is 0 Å². The van der Waals surface area contributed by atoms with Crippen LogP contribution >= 0.6 is 23.2 Å². The number of rotatable bonds is 2. The number of nitrogens with zero attached hydrogens (tertiary/aromatic N) is 3. The highest BCUT2D eigenvalue weighted by molar-refractivity contribution is 6.33. The predicted molar refractivity (Wildman–Crippen MR) is 55.4 cm³/mol. The van der Waals surface area contributed by atoms with Crippen LogP contribution in [0.1, 0.15) is 11.1 Å². The molecule has 0 saturated heterocycles. The summed E-state index contributed by atoms with van der Waals surface area (Å²) in [6, 6.07) is 0. The number of aromatic nitrogens is 2. The van der Waals surface area contributed by atoms with Crippen LogP contribution in [0, 0.1) is 6.92 Å². The summed E-state index contributed by atoms with van der Waals surface area (Å²) in [5.74, 6) is 0. The van der Waals surface area contributed by atoms with Crippen LogP contribution < -0.4 is 0 Å². The van der Waals surface area contributed by atoms with E-state index in [1.165, 1.54) is 6.20 Å². The minimum absolute atomic E-state index is 0.307. The molecule has 68 valence electrons. The number of halogens is 2. The van der Waals surface area contributed by atoms with Gasteiger partial charge >= 0.3 is 0 Å². The molecule has 0 bridgehead atoms. The van der Waals surface area contributed by atoms with Gasteiger partial charge in [0.1, 0.15) is 0 Å². The fourth-order valence-electron chi connectivity index (χ4n) is 0.804. The molecule has 0 aliphatic heterocycles. The fraction of sp³-hybridized carbons (Fsp3) is 0.125. The molecule has 0 spiro atoms. The molecule has 0 unspecified atom stereocenters. The molecule has 1 rings (SSSR count). The van der Waals surface area contributed by atoms with Crippen LogP contribution in [-0.2, 0) is 0 Å². The first-order valence-electron chi connectivity index (χ1n) is 3.47. The van der Waals surface area contributed by atoms with Crippen molar-refractivity contribution in [3.8, 4) is 0 Å². The van der Waals surface area contributed by atoms with E-state index in [9.17, 15) is 0 Å². The maximum atomic E-state index is 5.79. The molecule has 0 saturated carbocycles. The van der Waals surface area contributed by atoms with Crippen LogP contribution in [0.4, 0.5) is 0 Å². The molecule has 1 heterocycles. The topological polar surface area (TPSA) is 38.1 Å². The molecular weight excluding hydrogens is 209 g/mol. The highest BCUT2D eigenvalue weighted by Crippen LogP contribution is 2.22. The van der Waals surface area contributed by atoms with Gasteiger partial charge in [-0.3, -0.25) is 4.99 Å². The Morgan fingerprint density at radius 3 is 2.54 bits per heavy atom. The summed E-state index contributed by atoms with van der Waals surface area (Å²) in [7, 11) is 0. The van der Waals surface area contributed by atoms with Gasteiger partial charge in [-0.05, 0) is 25.3 Å². The lowest BCUT2D eigenvalue weighted by atomic mass is 10.2. The molecule has 0 fully saturated rings. The molecule has 0 radical (unpaired) electrons. The third-order valence-corrected chi connectivity index (χ3v) is 2.15. The van der Waals surface area contributed by atoms with E-state index in [2.05, 4.69) is 21.9 Å². The molecular formula is C8H7Cl2N3. The molecule has 0 N–H and O–H groups in total. The van der Waals surface area contributed by atoms with E-state index in [-0.39, 0.29) is 0 Å². The van der Waals surface area contributed by atoms with Crippen molar-refractivity contribution < 1.29 is 0 Å². The Morgan fingerprint density at radius 1 is 1.31 bits per heavy atom. The number of hydrogen-bond acceptors (Lipinski definition) is 3.